The molecule has 2 amide bonds. The zero-order valence-electron chi connectivity index (χ0n) is 22.9. The lowest BCUT2D eigenvalue weighted by atomic mass is 9.95. The third kappa shape index (κ3) is 8.11. The van der Waals surface area contributed by atoms with Crippen LogP contribution < -0.4 is 9.62 Å². The first-order chi connectivity index (χ1) is 20.0. The smallest absolute Gasteiger partial charge is 0.264 e. The second-order valence-electron chi connectivity index (χ2n) is 10.2. The number of halogens is 4. The van der Waals surface area contributed by atoms with E-state index in [1.165, 1.54) is 35.2 Å². The number of rotatable bonds is 10. The Morgan fingerprint density at radius 1 is 0.881 bits per heavy atom. The zero-order valence-corrected chi connectivity index (χ0v) is 26.7. The average Bonchev–Trinajstić information content (AvgIpc) is 2.96. The van der Waals surface area contributed by atoms with Crippen LogP contribution in [-0.4, -0.2) is 43.8 Å². The van der Waals surface area contributed by atoms with Gasteiger partial charge in [-0.05, 0) is 67.8 Å². The molecule has 1 atom stereocenters. The molecule has 0 heterocycles. The van der Waals surface area contributed by atoms with E-state index in [1.807, 2.05) is 0 Å². The van der Waals surface area contributed by atoms with Crippen LogP contribution in [0.5, 0.6) is 0 Å². The van der Waals surface area contributed by atoms with Crippen LogP contribution in [0.4, 0.5) is 5.69 Å². The highest BCUT2D eigenvalue weighted by Crippen LogP contribution is 2.30. The number of anilines is 1. The summed E-state index contributed by atoms with van der Waals surface area (Å²) in [6, 6.07) is 16.1. The average molecular weight is 671 g/mol. The number of carbonyl (C=O) groups is 2. The summed E-state index contributed by atoms with van der Waals surface area (Å²) in [7, 11) is -4.24. The molecule has 0 bridgehead atoms. The standard InChI is InChI=1S/C30H31Cl4N3O4S/c1-20(30(39)35-24-8-4-2-5-9-24)36(18-21-12-13-27(33)28(34)14-21)29(38)19-37(25-16-22(31)15-23(32)17-25)42(40,41)26-10-6-3-7-11-26/h3,6-7,10-17,20,24H,2,4-5,8-9,18-19H2,1H3,(H,35,39). The molecule has 0 radical (unpaired) electrons. The quantitative estimate of drug-likeness (QED) is 0.244. The van der Waals surface area contributed by atoms with Gasteiger partial charge in [0.1, 0.15) is 12.6 Å². The number of carbonyl (C=O) groups excluding carboxylic acids is 2. The van der Waals surface area contributed by atoms with Gasteiger partial charge in [-0.15, -0.1) is 0 Å². The topological polar surface area (TPSA) is 86.8 Å². The molecule has 4 rings (SSSR count). The SMILES string of the molecule is CC(C(=O)NC1CCCCC1)N(Cc1ccc(Cl)c(Cl)c1)C(=O)CN(c1cc(Cl)cc(Cl)c1)S(=O)(=O)c1ccccc1. The molecule has 1 aliphatic rings. The Hall–Kier alpha value is -2.49. The fraction of sp³-hybridized carbons (Fsp3) is 0.333. The van der Waals surface area contributed by atoms with Gasteiger partial charge in [-0.1, -0.05) is 89.9 Å². The number of sulfonamides is 1. The lowest BCUT2D eigenvalue weighted by Gasteiger charge is -2.33. The second-order valence-corrected chi connectivity index (χ2v) is 13.8. The first kappa shape index (κ1) is 32.4. The van der Waals surface area contributed by atoms with Crippen molar-refractivity contribution in [3.63, 3.8) is 0 Å². The monoisotopic (exact) mass is 669 g/mol. The van der Waals surface area contributed by atoms with Gasteiger partial charge in [-0.3, -0.25) is 13.9 Å². The normalized spacial score (nSPS) is 14.7. The Morgan fingerprint density at radius 2 is 1.52 bits per heavy atom. The van der Waals surface area contributed by atoms with Crippen molar-refractivity contribution in [3.05, 3.63) is 92.4 Å². The van der Waals surface area contributed by atoms with E-state index in [1.54, 1.807) is 43.3 Å². The summed E-state index contributed by atoms with van der Waals surface area (Å²) < 4.78 is 28.7. The Morgan fingerprint density at radius 3 is 2.14 bits per heavy atom. The summed E-state index contributed by atoms with van der Waals surface area (Å²) in [5.74, 6) is -0.929. The van der Waals surface area contributed by atoms with Crippen molar-refractivity contribution in [2.24, 2.45) is 0 Å². The van der Waals surface area contributed by atoms with Crippen LogP contribution in [0.1, 0.15) is 44.6 Å². The third-order valence-electron chi connectivity index (χ3n) is 7.20. The van der Waals surface area contributed by atoms with E-state index >= 15 is 0 Å². The highest BCUT2D eigenvalue weighted by Gasteiger charge is 2.33. The number of amides is 2. The van der Waals surface area contributed by atoms with Crippen LogP contribution >= 0.6 is 46.4 Å². The number of nitrogens with zero attached hydrogens (tertiary/aromatic N) is 2. The molecule has 1 aliphatic carbocycles. The van der Waals surface area contributed by atoms with Gasteiger partial charge in [0.2, 0.25) is 11.8 Å². The minimum Gasteiger partial charge on any atom is -0.352 e. The Bertz CT molecular complexity index is 1510. The molecular formula is C30H31Cl4N3O4S. The number of benzene rings is 3. The van der Waals surface area contributed by atoms with Gasteiger partial charge >= 0.3 is 0 Å². The molecule has 0 aromatic heterocycles. The summed E-state index contributed by atoms with van der Waals surface area (Å²) in [5, 5.41) is 4.11. The van der Waals surface area contributed by atoms with E-state index in [2.05, 4.69) is 5.32 Å². The van der Waals surface area contributed by atoms with Crippen molar-refractivity contribution >= 4 is 73.9 Å². The maximum absolute atomic E-state index is 14.1. The van der Waals surface area contributed by atoms with Crippen LogP contribution in [0.25, 0.3) is 0 Å². The van der Waals surface area contributed by atoms with Gasteiger partial charge in [0.15, 0.2) is 0 Å². The van der Waals surface area contributed by atoms with E-state index in [-0.39, 0.29) is 39.1 Å². The van der Waals surface area contributed by atoms with E-state index < -0.39 is 28.5 Å². The summed E-state index contributed by atoms with van der Waals surface area (Å²) in [6.45, 7) is 1.00. The molecule has 224 valence electrons. The van der Waals surface area contributed by atoms with E-state index in [9.17, 15) is 18.0 Å². The lowest BCUT2D eigenvalue weighted by Crippen LogP contribution is -2.53. The van der Waals surface area contributed by atoms with Gasteiger partial charge in [0, 0.05) is 22.6 Å². The zero-order chi connectivity index (χ0) is 30.4. The Labute approximate surface area is 266 Å². The fourth-order valence-electron chi connectivity index (χ4n) is 4.92. The molecule has 12 heteroatoms. The maximum atomic E-state index is 14.1. The molecule has 0 aliphatic heterocycles. The van der Waals surface area contributed by atoms with Gasteiger partial charge in [-0.2, -0.15) is 0 Å². The number of nitrogens with one attached hydrogen (secondary N) is 1. The van der Waals surface area contributed by atoms with Crippen molar-refractivity contribution < 1.29 is 18.0 Å². The van der Waals surface area contributed by atoms with Crippen molar-refractivity contribution in [2.45, 2.75) is 62.6 Å². The number of hydrogen-bond donors (Lipinski definition) is 1. The van der Waals surface area contributed by atoms with E-state index in [0.29, 0.717) is 15.6 Å². The Kier molecular flexibility index (Phi) is 11.1. The predicted octanol–water partition coefficient (Wildman–Crippen LogP) is 7.36. The lowest BCUT2D eigenvalue weighted by molar-refractivity contribution is -0.139. The molecule has 1 unspecified atom stereocenters. The second kappa shape index (κ2) is 14.3. The minimum absolute atomic E-state index is 0.00942. The first-order valence-corrected chi connectivity index (χ1v) is 16.5. The minimum atomic E-state index is -4.24. The molecule has 0 spiro atoms. The van der Waals surface area contributed by atoms with Crippen LogP contribution in [0, 0.1) is 0 Å². The molecular weight excluding hydrogens is 640 g/mol. The molecule has 3 aromatic rings. The molecule has 7 nitrogen and oxygen atoms in total. The molecule has 1 saturated carbocycles. The molecule has 1 N–H and O–H groups in total. The van der Waals surface area contributed by atoms with Crippen molar-refractivity contribution in [1.82, 2.24) is 10.2 Å². The van der Waals surface area contributed by atoms with Crippen molar-refractivity contribution in [3.8, 4) is 0 Å². The van der Waals surface area contributed by atoms with Gasteiger partial charge in [-0.25, -0.2) is 8.42 Å². The van der Waals surface area contributed by atoms with E-state index in [0.717, 1.165) is 36.4 Å². The Balaban J connectivity index is 1.70. The summed E-state index contributed by atoms with van der Waals surface area (Å²) in [5.41, 5.74) is 0.733. The largest absolute Gasteiger partial charge is 0.352 e. The van der Waals surface area contributed by atoms with Crippen LogP contribution in [0.2, 0.25) is 20.1 Å². The highest BCUT2D eigenvalue weighted by molar-refractivity contribution is 7.92. The predicted molar refractivity (Wildman–Crippen MR) is 169 cm³/mol. The van der Waals surface area contributed by atoms with Crippen LogP contribution in [0.3, 0.4) is 0 Å². The third-order valence-corrected chi connectivity index (χ3v) is 10.2. The summed E-state index contributed by atoms with van der Waals surface area (Å²) >= 11 is 24.8. The van der Waals surface area contributed by atoms with Gasteiger partial charge < -0.3 is 10.2 Å². The van der Waals surface area contributed by atoms with Crippen LogP contribution in [-0.2, 0) is 26.2 Å². The first-order valence-electron chi connectivity index (χ1n) is 13.5. The molecule has 42 heavy (non-hydrogen) atoms. The van der Waals surface area contributed by atoms with Gasteiger partial charge in [0.25, 0.3) is 10.0 Å². The van der Waals surface area contributed by atoms with E-state index in [4.69, 9.17) is 46.4 Å². The summed E-state index contributed by atoms with van der Waals surface area (Å²) in [6.07, 6.45) is 4.93. The van der Waals surface area contributed by atoms with Crippen molar-refractivity contribution in [1.29, 1.82) is 0 Å². The maximum Gasteiger partial charge on any atom is 0.264 e. The van der Waals surface area contributed by atoms with Gasteiger partial charge in [0.05, 0.1) is 20.6 Å². The van der Waals surface area contributed by atoms with Crippen molar-refractivity contribution in [2.75, 3.05) is 10.8 Å². The fourth-order valence-corrected chi connectivity index (χ4v) is 7.17. The molecule has 0 saturated heterocycles. The molecule has 1 fully saturated rings. The number of hydrogen-bond acceptors (Lipinski definition) is 4. The highest BCUT2D eigenvalue weighted by atomic mass is 35.5. The molecule has 3 aromatic carbocycles. The van der Waals surface area contributed by atoms with Crippen LogP contribution in [0.15, 0.2) is 71.6 Å². The summed E-state index contributed by atoms with van der Waals surface area (Å²) in [4.78, 5) is 28.8.